The van der Waals surface area contributed by atoms with Crippen LogP contribution >= 0.6 is 11.6 Å². The van der Waals surface area contributed by atoms with E-state index < -0.39 is 0 Å². The SMILES string of the molecule is Fc1ccc(-c2ccc(CCl)nc2-c2ccc(F)cc2)cc1. The maximum Gasteiger partial charge on any atom is 0.123 e. The highest BCUT2D eigenvalue weighted by Gasteiger charge is 2.11. The maximum atomic E-state index is 13.1. The second-order valence-electron chi connectivity index (χ2n) is 4.85. The van der Waals surface area contributed by atoms with Gasteiger partial charge in [-0.2, -0.15) is 0 Å². The Bertz CT molecular complexity index is 783. The molecule has 0 amide bonds. The standard InChI is InChI=1S/C18H12ClF2N/c19-11-16-9-10-17(12-1-5-14(20)6-2-12)18(22-16)13-3-7-15(21)8-4-13/h1-10H,11H2. The van der Waals surface area contributed by atoms with Gasteiger partial charge < -0.3 is 0 Å². The molecule has 0 saturated heterocycles. The van der Waals surface area contributed by atoms with Crippen molar-refractivity contribution in [3.63, 3.8) is 0 Å². The van der Waals surface area contributed by atoms with Crippen molar-refractivity contribution in [3.05, 3.63) is 78.0 Å². The first-order valence-electron chi connectivity index (χ1n) is 6.75. The lowest BCUT2D eigenvalue weighted by Gasteiger charge is -2.11. The van der Waals surface area contributed by atoms with E-state index in [2.05, 4.69) is 4.98 Å². The van der Waals surface area contributed by atoms with Gasteiger partial charge in [0.25, 0.3) is 0 Å². The minimum Gasteiger partial charge on any atom is -0.251 e. The van der Waals surface area contributed by atoms with Crippen LogP contribution in [-0.2, 0) is 5.88 Å². The predicted molar refractivity (Wildman–Crippen MR) is 84.6 cm³/mol. The molecule has 0 aliphatic carbocycles. The Balaban J connectivity index is 2.17. The predicted octanol–water partition coefficient (Wildman–Crippen LogP) is 5.43. The Labute approximate surface area is 132 Å². The number of hydrogen-bond donors (Lipinski definition) is 0. The number of nitrogens with zero attached hydrogens (tertiary/aromatic N) is 1. The highest BCUT2D eigenvalue weighted by atomic mass is 35.5. The van der Waals surface area contributed by atoms with Gasteiger partial charge in [0.15, 0.2) is 0 Å². The van der Waals surface area contributed by atoms with Crippen LogP contribution in [0.4, 0.5) is 8.78 Å². The fraction of sp³-hybridized carbons (Fsp3) is 0.0556. The topological polar surface area (TPSA) is 12.9 Å². The minimum absolute atomic E-state index is 0.290. The van der Waals surface area contributed by atoms with Crippen LogP contribution in [0.25, 0.3) is 22.4 Å². The molecule has 110 valence electrons. The molecule has 0 N–H and O–H groups in total. The highest BCUT2D eigenvalue weighted by Crippen LogP contribution is 2.31. The maximum absolute atomic E-state index is 13.1. The first-order chi connectivity index (χ1) is 10.7. The van der Waals surface area contributed by atoms with Crippen LogP contribution in [0.2, 0.25) is 0 Å². The van der Waals surface area contributed by atoms with E-state index in [0.717, 1.165) is 22.4 Å². The monoisotopic (exact) mass is 315 g/mol. The van der Waals surface area contributed by atoms with E-state index in [0.29, 0.717) is 5.69 Å². The number of alkyl halides is 1. The Morgan fingerprint density at radius 3 is 1.82 bits per heavy atom. The molecule has 0 radical (unpaired) electrons. The third kappa shape index (κ3) is 3.00. The van der Waals surface area contributed by atoms with Gasteiger partial charge in [0, 0.05) is 11.1 Å². The molecule has 1 heterocycles. The summed E-state index contributed by atoms with van der Waals surface area (Å²) in [5.74, 6) is -0.309. The van der Waals surface area contributed by atoms with Crippen LogP contribution in [0.15, 0.2) is 60.7 Å². The van der Waals surface area contributed by atoms with Crippen molar-refractivity contribution in [1.29, 1.82) is 0 Å². The third-order valence-corrected chi connectivity index (χ3v) is 3.64. The Hall–Kier alpha value is -2.26. The third-order valence-electron chi connectivity index (χ3n) is 3.36. The summed E-state index contributed by atoms with van der Waals surface area (Å²) in [6.07, 6.45) is 0. The van der Waals surface area contributed by atoms with Crippen LogP contribution in [0.3, 0.4) is 0 Å². The van der Waals surface area contributed by atoms with Crippen molar-refractivity contribution < 1.29 is 8.78 Å². The van der Waals surface area contributed by atoms with Gasteiger partial charge in [-0.25, -0.2) is 8.78 Å². The van der Waals surface area contributed by atoms with Crippen LogP contribution in [0, 0.1) is 11.6 Å². The summed E-state index contributed by atoms with van der Waals surface area (Å²) >= 11 is 5.86. The van der Waals surface area contributed by atoms with Crippen molar-refractivity contribution in [2.45, 2.75) is 5.88 Å². The molecule has 1 nitrogen and oxygen atoms in total. The number of hydrogen-bond acceptors (Lipinski definition) is 1. The quantitative estimate of drug-likeness (QED) is 0.587. The number of pyridine rings is 1. The van der Waals surface area contributed by atoms with Gasteiger partial charge in [-0.05, 0) is 48.0 Å². The molecule has 4 heteroatoms. The number of halogens is 3. The van der Waals surface area contributed by atoms with Crippen molar-refractivity contribution in [2.75, 3.05) is 0 Å². The number of benzene rings is 2. The molecule has 0 aliphatic heterocycles. The zero-order valence-corrected chi connectivity index (χ0v) is 12.3. The molecule has 0 bridgehead atoms. The Kier molecular flexibility index (Phi) is 4.16. The second-order valence-corrected chi connectivity index (χ2v) is 5.11. The summed E-state index contributed by atoms with van der Waals surface area (Å²) in [7, 11) is 0. The second kappa shape index (κ2) is 6.24. The van der Waals surface area contributed by atoms with Crippen molar-refractivity contribution in [3.8, 4) is 22.4 Å². The Morgan fingerprint density at radius 2 is 1.27 bits per heavy atom. The zero-order chi connectivity index (χ0) is 15.5. The average Bonchev–Trinajstić information content (AvgIpc) is 2.56. The number of aromatic nitrogens is 1. The van der Waals surface area contributed by atoms with Crippen LogP contribution in [-0.4, -0.2) is 4.98 Å². The lowest BCUT2D eigenvalue weighted by atomic mass is 9.99. The normalized spacial score (nSPS) is 10.7. The van der Waals surface area contributed by atoms with E-state index in [4.69, 9.17) is 11.6 Å². The van der Waals surface area contributed by atoms with E-state index in [1.807, 2.05) is 12.1 Å². The van der Waals surface area contributed by atoms with Gasteiger partial charge in [-0.1, -0.05) is 18.2 Å². The number of rotatable bonds is 3. The molecule has 0 saturated carbocycles. The Morgan fingerprint density at radius 1 is 0.727 bits per heavy atom. The van der Waals surface area contributed by atoms with E-state index >= 15 is 0 Å². The molecule has 0 atom stereocenters. The summed E-state index contributed by atoms with van der Waals surface area (Å²) in [4.78, 5) is 4.54. The molecule has 3 rings (SSSR count). The van der Waals surface area contributed by atoms with E-state index in [1.165, 1.54) is 24.3 Å². The van der Waals surface area contributed by atoms with Gasteiger partial charge in [0.05, 0.1) is 17.3 Å². The van der Waals surface area contributed by atoms with E-state index in [9.17, 15) is 8.78 Å². The largest absolute Gasteiger partial charge is 0.251 e. The van der Waals surface area contributed by atoms with Crippen LogP contribution in [0.1, 0.15) is 5.69 Å². The minimum atomic E-state index is -0.305. The highest BCUT2D eigenvalue weighted by molar-refractivity contribution is 6.16. The average molecular weight is 316 g/mol. The summed E-state index contributed by atoms with van der Waals surface area (Å²) in [5, 5.41) is 0. The fourth-order valence-electron chi connectivity index (χ4n) is 2.26. The molecule has 0 unspecified atom stereocenters. The molecular formula is C18H12ClF2N. The summed E-state index contributed by atoms with van der Waals surface area (Å²) in [6, 6.07) is 16.0. The molecule has 2 aromatic carbocycles. The van der Waals surface area contributed by atoms with Crippen LogP contribution < -0.4 is 0 Å². The molecule has 22 heavy (non-hydrogen) atoms. The molecule has 0 fully saturated rings. The van der Waals surface area contributed by atoms with E-state index in [-0.39, 0.29) is 17.5 Å². The fourth-order valence-corrected chi connectivity index (χ4v) is 2.41. The lowest BCUT2D eigenvalue weighted by Crippen LogP contribution is -1.94. The first kappa shape index (κ1) is 14.7. The van der Waals surface area contributed by atoms with E-state index in [1.54, 1.807) is 24.3 Å². The van der Waals surface area contributed by atoms with Gasteiger partial charge >= 0.3 is 0 Å². The molecule has 1 aromatic heterocycles. The summed E-state index contributed by atoms with van der Waals surface area (Å²) < 4.78 is 26.2. The molecular weight excluding hydrogens is 304 g/mol. The van der Waals surface area contributed by atoms with Gasteiger partial charge in [-0.15, -0.1) is 11.6 Å². The first-order valence-corrected chi connectivity index (χ1v) is 7.28. The smallest absolute Gasteiger partial charge is 0.123 e. The molecule has 3 aromatic rings. The van der Waals surface area contributed by atoms with Gasteiger partial charge in [-0.3, -0.25) is 4.98 Å². The molecule has 0 spiro atoms. The lowest BCUT2D eigenvalue weighted by molar-refractivity contribution is 0.627. The summed E-state index contributed by atoms with van der Waals surface area (Å²) in [6.45, 7) is 0. The van der Waals surface area contributed by atoms with Gasteiger partial charge in [0.2, 0.25) is 0 Å². The van der Waals surface area contributed by atoms with Crippen LogP contribution in [0.5, 0.6) is 0 Å². The van der Waals surface area contributed by atoms with Crippen molar-refractivity contribution in [1.82, 2.24) is 4.98 Å². The molecule has 0 aliphatic rings. The summed E-state index contributed by atoms with van der Waals surface area (Å²) in [5.41, 5.74) is 3.90. The van der Waals surface area contributed by atoms with Gasteiger partial charge in [0.1, 0.15) is 11.6 Å². The van der Waals surface area contributed by atoms with Crippen molar-refractivity contribution >= 4 is 11.6 Å². The van der Waals surface area contributed by atoms with Crippen molar-refractivity contribution in [2.24, 2.45) is 0 Å². The zero-order valence-electron chi connectivity index (χ0n) is 11.6.